The van der Waals surface area contributed by atoms with Gasteiger partial charge < -0.3 is 10.1 Å². The molecular weight excluding hydrogens is 352 g/mol. The van der Waals surface area contributed by atoms with Crippen LogP contribution in [-0.2, 0) is 6.42 Å². The number of ether oxygens (including phenoxy) is 1. The van der Waals surface area contributed by atoms with Crippen LogP contribution in [0.1, 0.15) is 17.2 Å². The standard InChI is InChI=1S/C16H12BrClN2O/c17-13-8-12(2-3-14(13)18)20-15(9-19)10-1-4-16-11(7-10)5-6-21-16/h1-4,7-8,15,20H,5-6H2. The Morgan fingerprint density at radius 2 is 2.14 bits per heavy atom. The maximum Gasteiger partial charge on any atom is 0.140 e. The van der Waals surface area contributed by atoms with Crippen molar-refractivity contribution in [1.82, 2.24) is 0 Å². The van der Waals surface area contributed by atoms with Crippen molar-refractivity contribution in [3.63, 3.8) is 0 Å². The summed E-state index contributed by atoms with van der Waals surface area (Å²) in [6, 6.07) is 13.3. The summed E-state index contributed by atoms with van der Waals surface area (Å²) in [5, 5.41) is 13.3. The van der Waals surface area contributed by atoms with Gasteiger partial charge in [-0.3, -0.25) is 0 Å². The van der Waals surface area contributed by atoms with Crippen LogP contribution in [0.3, 0.4) is 0 Å². The Hall–Kier alpha value is -1.70. The normalized spacial score (nSPS) is 14.0. The smallest absolute Gasteiger partial charge is 0.140 e. The first-order valence-corrected chi connectivity index (χ1v) is 7.71. The number of halogens is 2. The SMILES string of the molecule is N#CC(Nc1ccc(Cl)c(Br)c1)c1ccc2c(c1)CCO2. The van der Waals surface area contributed by atoms with E-state index in [0.29, 0.717) is 11.6 Å². The van der Waals surface area contributed by atoms with Gasteiger partial charge in [0.15, 0.2) is 0 Å². The van der Waals surface area contributed by atoms with E-state index in [9.17, 15) is 5.26 Å². The molecule has 21 heavy (non-hydrogen) atoms. The Bertz CT molecular complexity index is 727. The van der Waals surface area contributed by atoms with Crippen LogP contribution in [0.2, 0.25) is 5.02 Å². The summed E-state index contributed by atoms with van der Waals surface area (Å²) in [5.41, 5.74) is 2.94. The van der Waals surface area contributed by atoms with Crippen molar-refractivity contribution in [2.75, 3.05) is 11.9 Å². The number of nitrogens with zero attached hydrogens (tertiary/aromatic N) is 1. The Morgan fingerprint density at radius 1 is 1.29 bits per heavy atom. The Labute approximate surface area is 136 Å². The van der Waals surface area contributed by atoms with Crippen molar-refractivity contribution in [2.24, 2.45) is 0 Å². The first-order valence-electron chi connectivity index (χ1n) is 6.54. The van der Waals surface area contributed by atoms with Crippen LogP contribution in [-0.4, -0.2) is 6.61 Å². The van der Waals surface area contributed by atoms with E-state index in [4.69, 9.17) is 16.3 Å². The zero-order chi connectivity index (χ0) is 14.8. The predicted molar refractivity (Wildman–Crippen MR) is 86.8 cm³/mol. The molecular formula is C16H12BrClN2O. The van der Waals surface area contributed by atoms with E-state index in [2.05, 4.69) is 27.3 Å². The third-order valence-electron chi connectivity index (χ3n) is 3.41. The molecule has 0 spiro atoms. The number of rotatable bonds is 3. The van der Waals surface area contributed by atoms with Gasteiger partial charge >= 0.3 is 0 Å². The van der Waals surface area contributed by atoms with Gasteiger partial charge in [0.2, 0.25) is 0 Å². The zero-order valence-electron chi connectivity index (χ0n) is 11.1. The summed E-state index contributed by atoms with van der Waals surface area (Å²) in [5.74, 6) is 0.921. The zero-order valence-corrected chi connectivity index (χ0v) is 13.4. The van der Waals surface area contributed by atoms with Gasteiger partial charge in [0.25, 0.3) is 0 Å². The highest BCUT2D eigenvalue weighted by Crippen LogP contribution is 2.31. The second-order valence-electron chi connectivity index (χ2n) is 4.80. The summed E-state index contributed by atoms with van der Waals surface area (Å²) in [4.78, 5) is 0. The predicted octanol–water partition coefficient (Wildman–Crippen LogP) is 4.71. The fraction of sp³-hybridized carbons (Fsp3) is 0.188. The molecule has 1 unspecified atom stereocenters. The molecule has 3 rings (SSSR count). The minimum Gasteiger partial charge on any atom is -0.493 e. The highest BCUT2D eigenvalue weighted by molar-refractivity contribution is 9.10. The van der Waals surface area contributed by atoms with Crippen LogP contribution in [0.25, 0.3) is 0 Å². The van der Waals surface area contributed by atoms with Crippen molar-refractivity contribution in [1.29, 1.82) is 5.26 Å². The molecule has 1 aliphatic heterocycles. The number of hydrogen-bond acceptors (Lipinski definition) is 3. The van der Waals surface area contributed by atoms with Gasteiger partial charge in [0.05, 0.1) is 17.7 Å². The number of nitrogens with one attached hydrogen (secondary N) is 1. The molecule has 1 N–H and O–H groups in total. The minimum absolute atomic E-state index is 0.413. The molecule has 0 radical (unpaired) electrons. The number of fused-ring (bicyclic) bond motifs is 1. The number of hydrogen-bond donors (Lipinski definition) is 1. The van der Waals surface area contributed by atoms with E-state index < -0.39 is 6.04 Å². The lowest BCUT2D eigenvalue weighted by Crippen LogP contribution is -2.08. The van der Waals surface area contributed by atoms with Crippen molar-refractivity contribution in [2.45, 2.75) is 12.5 Å². The lowest BCUT2D eigenvalue weighted by atomic mass is 10.0. The average Bonchev–Trinajstić information content (AvgIpc) is 2.95. The lowest BCUT2D eigenvalue weighted by Gasteiger charge is -2.14. The van der Waals surface area contributed by atoms with Crippen molar-refractivity contribution >= 4 is 33.2 Å². The molecule has 106 valence electrons. The third kappa shape index (κ3) is 2.99. The largest absolute Gasteiger partial charge is 0.493 e. The van der Waals surface area contributed by atoms with Crippen LogP contribution < -0.4 is 10.1 Å². The van der Waals surface area contributed by atoms with Gasteiger partial charge in [-0.2, -0.15) is 5.26 Å². The molecule has 0 amide bonds. The summed E-state index contributed by atoms with van der Waals surface area (Å²) < 4.78 is 6.29. The van der Waals surface area contributed by atoms with Crippen molar-refractivity contribution < 1.29 is 4.74 Å². The molecule has 0 saturated heterocycles. The highest BCUT2D eigenvalue weighted by atomic mass is 79.9. The third-order valence-corrected chi connectivity index (χ3v) is 4.62. The summed E-state index contributed by atoms with van der Waals surface area (Å²) >= 11 is 9.36. The Kier molecular flexibility index (Phi) is 4.05. The quantitative estimate of drug-likeness (QED) is 0.858. The molecule has 0 bridgehead atoms. The molecule has 3 nitrogen and oxygen atoms in total. The molecule has 1 atom stereocenters. The van der Waals surface area contributed by atoms with Crippen LogP contribution in [0.5, 0.6) is 5.75 Å². The Morgan fingerprint density at radius 3 is 2.90 bits per heavy atom. The van der Waals surface area contributed by atoms with E-state index in [0.717, 1.165) is 33.5 Å². The maximum atomic E-state index is 9.43. The molecule has 0 aromatic heterocycles. The van der Waals surface area contributed by atoms with Crippen molar-refractivity contribution in [3.05, 3.63) is 57.0 Å². The molecule has 0 aliphatic carbocycles. The molecule has 0 saturated carbocycles. The first-order chi connectivity index (χ1) is 10.2. The van der Waals surface area contributed by atoms with E-state index in [1.165, 1.54) is 0 Å². The van der Waals surface area contributed by atoms with E-state index in [-0.39, 0.29) is 0 Å². The number of benzene rings is 2. The van der Waals surface area contributed by atoms with Crippen molar-refractivity contribution in [3.8, 4) is 11.8 Å². The Balaban J connectivity index is 1.85. The monoisotopic (exact) mass is 362 g/mol. The van der Waals surface area contributed by atoms with E-state index in [1.807, 2.05) is 30.3 Å². The van der Waals surface area contributed by atoms with Gasteiger partial charge in [0.1, 0.15) is 11.8 Å². The molecule has 1 aliphatic rings. The molecule has 2 aromatic carbocycles. The van der Waals surface area contributed by atoms with Gasteiger partial charge in [-0.05, 0) is 57.4 Å². The van der Waals surface area contributed by atoms with Gasteiger partial charge in [-0.15, -0.1) is 0 Å². The summed E-state index contributed by atoms with van der Waals surface area (Å²) in [7, 11) is 0. The molecule has 1 heterocycles. The van der Waals surface area contributed by atoms with Gasteiger partial charge in [-0.1, -0.05) is 17.7 Å². The highest BCUT2D eigenvalue weighted by Gasteiger charge is 2.17. The lowest BCUT2D eigenvalue weighted by molar-refractivity contribution is 0.357. The second-order valence-corrected chi connectivity index (χ2v) is 6.06. The summed E-state index contributed by atoms with van der Waals surface area (Å²) in [6.07, 6.45) is 0.897. The minimum atomic E-state index is -0.413. The first kappa shape index (κ1) is 14.2. The van der Waals surface area contributed by atoms with Crippen LogP contribution in [0, 0.1) is 11.3 Å². The molecule has 2 aromatic rings. The number of nitriles is 1. The van der Waals surface area contributed by atoms with Crippen LogP contribution >= 0.6 is 27.5 Å². The van der Waals surface area contributed by atoms with Gasteiger partial charge in [-0.25, -0.2) is 0 Å². The van der Waals surface area contributed by atoms with E-state index >= 15 is 0 Å². The fourth-order valence-electron chi connectivity index (χ4n) is 2.33. The molecule has 5 heteroatoms. The second kappa shape index (κ2) is 5.97. The maximum absolute atomic E-state index is 9.43. The van der Waals surface area contributed by atoms with Crippen LogP contribution in [0.4, 0.5) is 5.69 Å². The van der Waals surface area contributed by atoms with E-state index in [1.54, 1.807) is 6.07 Å². The van der Waals surface area contributed by atoms with Crippen LogP contribution in [0.15, 0.2) is 40.9 Å². The van der Waals surface area contributed by atoms with Gasteiger partial charge in [0, 0.05) is 16.6 Å². The summed E-state index contributed by atoms with van der Waals surface area (Å²) in [6.45, 7) is 0.716. The average molecular weight is 364 g/mol. The number of anilines is 1. The topological polar surface area (TPSA) is 45.0 Å². The fourth-order valence-corrected chi connectivity index (χ4v) is 2.83. The molecule has 0 fully saturated rings.